The first-order valence-electron chi connectivity index (χ1n) is 6.92. The van der Waals surface area contributed by atoms with Gasteiger partial charge in [-0.05, 0) is 36.4 Å². The van der Waals surface area contributed by atoms with E-state index in [1.54, 1.807) is 31.2 Å². The van der Waals surface area contributed by atoms with Gasteiger partial charge in [-0.3, -0.25) is 9.00 Å². The van der Waals surface area contributed by atoms with Crippen molar-refractivity contribution in [3.8, 4) is 0 Å². The smallest absolute Gasteiger partial charge is 0.256 e. The lowest BCUT2D eigenvalue weighted by Gasteiger charge is -2.09. The van der Waals surface area contributed by atoms with Gasteiger partial charge >= 0.3 is 0 Å². The SMILES string of the molecule is CC[S@](=O)c1ccccc1C(=O)Nc1ccc(S(C)(=O)=O)cc1. The third-order valence-corrected chi connectivity index (χ3v) is 5.68. The molecule has 0 aliphatic heterocycles. The Bertz CT molecular complexity index is 843. The molecule has 1 amide bonds. The van der Waals surface area contributed by atoms with Gasteiger partial charge in [-0.1, -0.05) is 19.1 Å². The Labute approximate surface area is 138 Å². The Balaban J connectivity index is 2.25. The average molecular weight is 351 g/mol. The minimum absolute atomic E-state index is 0.183. The van der Waals surface area contributed by atoms with Crippen molar-refractivity contribution in [3.63, 3.8) is 0 Å². The van der Waals surface area contributed by atoms with Crippen LogP contribution in [-0.2, 0) is 20.6 Å². The molecule has 23 heavy (non-hydrogen) atoms. The first-order valence-corrected chi connectivity index (χ1v) is 10.1. The summed E-state index contributed by atoms with van der Waals surface area (Å²) in [5, 5.41) is 2.69. The predicted molar refractivity (Wildman–Crippen MR) is 90.9 cm³/mol. The van der Waals surface area contributed by atoms with Gasteiger partial charge in [-0.25, -0.2) is 8.42 Å². The quantitative estimate of drug-likeness (QED) is 0.897. The Hall–Kier alpha value is -1.99. The fourth-order valence-electron chi connectivity index (χ4n) is 1.99. The lowest BCUT2D eigenvalue weighted by molar-refractivity contribution is 0.102. The number of anilines is 1. The van der Waals surface area contributed by atoms with Gasteiger partial charge in [0.2, 0.25) is 0 Å². The number of amides is 1. The van der Waals surface area contributed by atoms with Gasteiger partial charge < -0.3 is 5.32 Å². The maximum absolute atomic E-state index is 12.4. The third kappa shape index (κ3) is 4.27. The molecule has 7 heteroatoms. The summed E-state index contributed by atoms with van der Waals surface area (Å²) in [6.07, 6.45) is 1.12. The van der Waals surface area contributed by atoms with E-state index < -0.39 is 20.6 Å². The highest BCUT2D eigenvalue weighted by molar-refractivity contribution is 7.90. The molecule has 0 saturated carbocycles. The highest BCUT2D eigenvalue weighted by Gasteiger charge is 2.15. The molecule has 2 rings (SSSR count). The van der Waals surface area contributed by atoms with Crippen molar-refractivity contribution >= 4 is 32.2 Å². The summed E-state index contributed by atoms with van der Waals surface area (Å²) in [6.45, 7) is 1.79. The summed E-state index contributed by atoms with van der Waals surface area (Å²) < 4.78 is 34.8. The average Bonchev–Trinajstić information content (AvgIpc) is 2.53. The Morgan fingerprint density at radius 3 is 2.26 bits per heavy atom. The first-order chi connectivity index (χ1) is 10.8. The molecule has 0 unspecified atom stereocenters. The van der Waals surface area contributed by atoms with Crippen LogP contribution in [0.5, 0.6) is 0 Å². The Morgan fingerprint density at radius 1 is 1.09 bits per heavy atom. The summed E-state index contributed by atoms with van der Waals surface area (Å²) in [5.74, 6) is 0.0439. The minimum Gasteiger partial charge on any atom is -0.322 e. The lowest BCUT2D eigenvalue weighted by Crippen LogP contribution is -2.15. The number of rotatable bonds is 5. The molecule has 1 atom stereocenters. The second-order valence-electron chi connectivity index (χ2n) is 4.88. The van der Waals surface area contributed by atoms with Crippen molar-refractivity contribution in [1.29, 1.82) is 0 Å². The maximum Gasteiger partial charge on any atom is 0.256 e. The topological polar surface area (TPSA) is 80.3 Å². The highest BCUT2D eigenvalue weighted by Crippen LogP contribution is 2.18. The Kier molecular flexibility index (Phi) is 5.33. The Morgan fingerprint density at radius 2 is 1.70 bits per heavy atom. The van der Waals surface area contributed by atoms with Crippen LogP contribution < -0.4 is 5.32 Å². The second kappa shape index (κ2) is 7.06. The van der Waals surface area contributed by atoms with Crippen LogP contribution in [0.2, 0.25) is 0 Å². The largest absolute Gasteiger partial charge is 0.322 e. The van der Waals surface area contributed by atoms with Gasteiger partial charge in [0.05, 0.1) is 26.2 Å². The van der Waals surface area contributed by atoms with Crippen LogP contribution in [0, 0.1) is 0 Å². The molecule has 0 aliphatic carbocycles. The molecule has 0 bridgehead atoms. The molecule has 0 saturated heterocycles. The normalized spacial score (nSPS) is 12.6. The van der Waals surface area contributed by atoms with Gasteiger partial charge in [0, 0.05) is 17.7 Å². The molecule has 0 heterocycles. The van der Waals surface area contributed by atoms with Gasteiger partial charge in [-0.2, -0.15) is 0 Å². The van der Waals surface area contributed by atoms with Crippen molar-refractivity contribution in [2.45, 2.75) is 16.7 Å². The molecular weight excluding hydrogens is 334 g/mol. The number of hydrogen-bond acceptors (Lipinski definition) is 4. The number of benzene rings is 2. The standard InChI is InChI=1S/C16H17NO4S2/c1-3-22(19)15-7-5-4-6-14(15)16(18)17-12-8-10-13(11-9-12)23(2,20)21/h4-11H,3H2,1-2H3,(H,17,18)/t22-/m0/s1. The van der Waals surface area contributed by atoms with Gasteiger partial charge in [0.25, 0.3) is 5.91 Å². The fourth-order valence-corrected chi connectivity index (χ4v) is 3.57. The van der Waals surface area contributed by atoms with Crippen molar-refractivity contribution in [1.82, 2.24) is 0 Å². The van der Waals surface area contributed by atoms with Gasteiger partial charge in [0.1, 0.15) is 0 Å². The van der Waals surface area contributed by atoms with E-state index in [-0.39, 0.29) is 10.8 Å². The fraction of sp³-hybridized carbons (Fsp3) is 0.188. The number of nitrogens with one attached hydrogen (secondary N) is 1. The summed E-state index contributed by atoms with van der Waals surface area (Å²) in [5.41, 5.74) is 0.819. The number of carbonyl (C=O) groups is 1. The van der Waals surface area contributed by atoms with Gasteiger partial charge in [0.15, 0.2) is 9.84 Å². The third-order valence-electron chi connectivity index (χ3n) is 3.18. The molecule has 5 nitrogen and oxygen atoms in total. The first kappa shape index (κ1) is 17.4. The van der Waals surface area contributed by atoms with E-state index in [4.69, 9.17) is 0 Å². The molecule has 0 radical (unpaired) electrons. The van der Waals surface area contributed by atoms with Crippen LogP contribution in [-0.4, -0.2) is 30.5 Å². The van der Waals surface area contributed by atoms with Crippen LogP contribution in [0.15, 0.2) is 58.3 Å². The molecule has 0 spiro atoms. The molecule has 2 aromatic rings. The molecule has 0 aromatic heterocycles. The lowest BCUT2D eigenvalue weighted by atomic mass is 10.2. The van der Waals surface area contributed by atoms with E-state index >= 15 is 0 Å². The summed E-state index contributed by atoms with van der Waals surface area (Å²) in [6, 6.07) is 12.6. The summed E-state index contributed by atoms with van der Waals surface area (Å²) in [7, 11) is -4.51. The van der Waals surface area contributed by atoms with E-state index in [0.29, 0.717) is 21.9 Å². The zero-order valence-electron chi connectivity index (χ0n) is 12.8. The highest BCUT2D eigenvalue weighted by atomic mass is 32.2. The molecule has 0 fully saturated rings. The summed E-state index contributed by atoms with van der Waals surface area (Å²) in [4.78, 5) is 13.0. The van der Waals surface area contributed by atoms with Crippen molar-refractivity contribution < 1.29 is 17.4 Å². The maximum atomic E-state index is 12.4. The molecular formula is C16H17NO4S2. The van der Waals surface area contributed by atoms with Crippen LogP contribution >= 0.6 is 0 Å². The molecule has 122 valence electrons. The van der Waals surface area contributed by atoms with Crippen LogP contribution in [0.4, 0.5) is 5.69 Å². The van der Waals surface area contributed by atoms with Gasteiger partial charge in [-0.15, -0.1) is 0 Å². The van der Waals surface area contributed by atoms with E-state index in [9.17, 15) is 17.4 Å². The van der Waals surface area contributed by atoms with Crippen LogP contribution in [0.1, 0.15) is 17.3 Å². The zero-order chi connectivity index (χ0) is 17.0. The van der Waals surface area contributed by atoms with E-state index in [0.717, 1.165) is 6.26 Å². The number of carbonyl (C=O) groups excluding carboxylic acids is 1. The van der Waals surface area contributed by atoms with Crippen molar-refractivity contribution in [3.05, 3.63) is 54.1 Å². The molecule has 2 aromatic carbocycles. The number of sulfone groups is 1. The predicted octanol–water partition coefficient (Wildman–Crippen LogP) is 2.47. The van der Waals surface area contributed by atoms with Crippen molar-refractivity contribution in [2.24, 2.45) is 0 Å². The van der Waals surface area contributed by atoms with Crippen molar-refractivity contribution in [2.75, 3.05) is 17.3 Å². The van der Waals surface area contributed by atoms with Crippen LogP contribution in [0.25, 0.3) is 0 Å². The van der Waals surface area contributed by atoms with E-state index in [1.807, 2.05) is 0 Å². The zero-order valence-corrected chi connectivity index (χ0v) is 14.4. The van der Waals surface area contributed by atoms with Crippen LogP contribution in [0.3, 0.4) is 0 Å². The molecule has 1 N–H and O–H groups in total. The second-order valence-corrected chi connectivity index (χ2v) is 8.60. The number of hydrogen-bond donors (Lipinski definition) is 1. The van der Waals surface area contributed by atoms with E-state index in [2.05, 4.69) is 5.32 Å². The monoisotopic (exact) mass is 351 g/mol. The molecule has 0 aliphatic rings. The van der Waals surface area contributed by atoms with E-state index in [1.165, 1.54) is 24.3 Å². The minimum atomic E-state index is -3.27. The summed E-state index contributed by atoms with van der Waals surface area (Å²) >= 11 is 0.